The van der Waals surface area contributed by atoms with Crippen LogP contribution < -0.4 is 10.2 Å². The van der Waals surface area contributed by atoms with E-state index in [2.05, 4.69) is 21.4 Å². The van der Waals surface area contributed by atoms with E-state index < -0.39 is 0 Å². The van der Waals surface area contributed by atoms with E-state index in [-0.39, 0.29) is 12.3 Å². The van der Waals surface area contributed by atoms with Gasteiger partial charge in [-0.05, 0) is 55.3 Å². The first-order valence-electron chi connectivity index (χ1n) is 9.18. The largest absolute Gasteiger partial charge is 0.378 e. The quantitative estimate of drug-likeness (QED) is 0.767. The molecule has 140 valence electrons. The van der Waals surface area contributed by atoms with E-state index in [1.54, 1.807) is 0 Å². The van der Waals surface area contributed by atoms with Gasteiger partial charge in [-0.1, -0.05) is 11.2 Å². The Bertz CT molecular complexity index is 957. The number of aromatic nitrogens is 1. The number of carbonyl (C=O) groups is 1. The fraction of sp³-hybridized carbons (Fsp3) is 0.333. The van der Waals surface area contributed by atoms with Gasteiger partial charge in [0.05, 0.1) is 19.6 Å². The van der Waals surface area contributed by atoms with Crippen molar-refractivity contribution in [3.05, 3.63) is 53.2 Å². The van der Waals surface area contributed by atoms with Crippen LogP contribution in [-0.2, 0) is 16.0 Å². The third-order valence-corrected chi connectivity index (χ3v) is 4.84. The van der Waals surface area contributed by atoms with Crippen molar-refractivity contribution < 1.29 is 14.1 Å². The van der Waals surface area contributed by atoms with Gasteiger partial charge in [0.25, 0.3) is 0 Å². The molecule has 2 heterocycles. The maximum absolute atomic E-state index is 12.5. The lowest BCUT2D eigenvalue weighted by Gasteiger charge is -2.28. The van der Waals surface area contributed by atoms with E-state index in [1.165, 1.54) is 0 Å². The Kier molecular flexibility index (Phi) is 4.81. The van der Waals surface area contributed by atoms with Gasteiger partial charge in [-0.3, -0.25) is 4.79 Å². The van der Waals surface area contributed by atoms with Crippen LogP contribution in [0.4, 0.5) is 11.4 Å². The van der Waals surface area contributed by atoms with Crippen molar-refractivity contribution in [2.45, 2.75) is 20.3 Å². The van der Waals surface area contributed by atoms with Crippen LogP contribution >= 0.6 is 0 Å². The summed E-state index contributed by atoms with van der Waals surface area (Å²) in [6.07, 6.45) is 0.183. The minimum absolute atomic E-state index is 0.107. The number of carbonyl (C=O) groups excluding carboxylic acids is 1. The lowest BCUT2D eigenvalue weighted by atomic mass is 10.0. The molecule has 6 heteroatoms. The maximum atomic E-state index is 12.5. The Morgan fingerprint density at radius 1 is 1.15 bits per heavy atom. The number of fused-ring (bicyclic) bond motifs is 1. The fourth-order valence-corrected chi connectivity index (χ4v) is 3.58. The van der Waals surface area contributed by atoms with Crippen LogP contribution in [0.15, 0.2) is 40.9 Å². The summed E-state index contributed by atoms with van der Waals surface area (Å²) in [4.78, 5) is 14.7. The van der Waals surface area contributed by atoms with Crippen molar-refractivity contribution in [2.24, 2.45) is 0 Å². The summed E-state index contributed by atoms with van der Waals surface area (Å²) in [7, 11) is 0. The summed E-state index contributed by atoms with van der Waals surface area (Å²) in [5, 5.41) is 7.97. The SMILES string of the molecule is Cc1cc(C)c2c(CC(=O)Nc3ccc(N4CCOCC4)cc3)noc2c1. The van der Waals surface area contributed by atoms with Gasteiger partial charge >= 0.3 is 0 Å². The van der Waals surface area contributed by atoms with E-state index in [0.29, 0.717) is 5.69 Å². The van der Waals surface area contributed by atoms with Crippen LogP contribution in [0, 0.1) is 13.8 Å². The average molecular weight is 365 g/mol. The third kappa shape index (κ3) is 3.80. The number of nitrogens with zero attached hydrogens (tertiary/aromatic N) is 2. The minimum Gasteiger partial charge on any atom is -0.378 e. The minimum atomic E-state index is -0.107. The number of nitrogens with one attached hydrogen (secondary N) is 1. The topological polar surface area (TPSA) is 67.6 Å². The van der Waals surface area contributed by atoms with Crippen LogP contribution in [0.1, 0.15) is 16.8 Å². The molecule has 1 aliphatic rings. The summed E-state index contributed by atoms with van der Waals surface area (Å²) in [6, 6.07) is 11.9. The summed E-state index contributed by atoms with van der Waals surface area (Å²) < 4.78 is 10.8. The van der Waals surface area contributed by atoms with Gasteiger partial charge in [0.1, 0.15) is 5.69 Å². The lowest BCUT2D eigenvalue weighted by Crippen LogP contribution is -2.36. The Balaban J connectivity index is 1.44. The molecular weight excluding hydrogens is 342 g/mol. The second-order valence-electron chi connectivity index (χ2n) is 6.96. The number of ether oxygens (including phenoxy) is 1. The Hall–Kier alpha value is -2.86. The number of hydrogen-bond acceptors (Lipinski definition) is 5. The van der Waals surface area contributed by atoms with Crippen LogP contribution in [0.25, 0.3) is 11.0 Å². The molecule has 0 bridgehead atoms. The summed E-state index contributed by atoms with van der Waals surface area (Å²) in [5.41, 5.74) is 5.51. The molecule has 6 nitrogen and oxygen atoms in total. The molecule has 0 unspecified atom stereocenters. The maximum Gasteiger partial charge on any atom is 0.230 e. The number of benzene rings is 2. The third-order valence-electron chi connectivity index (χ3n) is 4.84. The molecule has 0 atom stereocenters. The highest BCUT2D eigenvalue weighted by Crippen LogP contribution is 2.25. The smallest absolute Gasteiger partial charge is 0.230 e. The van der Waals surface area contributed by atoms with Crippen LogP contribution in [-0.4, -0.2) is 37.4 Å². The number of rotatable bonds is 4. The molecule has 0 aliphatic carbocycles. The Labute approximate surface area is 158 Å². The van der Waals surface area contributed by atoms with Gasteiger partial charge in [-0.2, -0.15) is 0 Å². The number of anilines is 2. The lowest BCUT2D eigenvalue weighted by molar-refractivity contribution is -0.115. The summed E-state index contributed by atoms with van der Waals surface area (Å²) >= 11 is 0. The van der Waals surface area contributed by atoms with Gasteiger partial charge in [0.15, 0.2) is 5.58 Å². The van der Waals surface area contributed by atoms with E-state index >= 15 is 0 Å². The van der Waals surface area contributed by atoms with Crippen LogP contribution in [0.5, 0.6) is 0 Å². The average Bonchev–Trinajstić information content (AvgIpc) is 3.05. The van der Waals surface area contributed by atoms with Gasteiger partial charge < -0.3 is 19.5 Å². The number of morpholine rings is 1. The highest BCUT2D eigenvalue weighted by molar-refractivity contribution is 5.95. The van der Waals surface area contributed by atoms with Crippen molar-refractivity contribution in [1.29, 1.82) is 0 Å². The number of aryl methyl sites for hydroxylation is 2. The van der Waals surface area contributed by atoms with Crippen molar-refractivity contribution >= 4 is 28.3 Å². The first kappa shape index (κ1) is 17.5. The van der Waals surface area contributed by atoms with Crippen molar-refractivity contribution in [1.82, 2.24) is 5.16 Å². The van der Waals surface area contributed by atoms with Crippen LogP contribution in [0.3, 0.4) is 0 Å². The van der Waals surface area contributed by atoms with E-state index in [4.69, 9.17) is 9.26 Å². The van der Waals surface area contributed by atoms with Crippen molar-refractivity contribution in [3.63, 3.8) is 0 Å². The van der Waals surface area contributed by atoms with Crippen LogP contribution in [0.2, 0.25) is 0 Å². The van der Waals surface area contributed by atoms with Gasteiger partial charge in [-0.15, -0.1) is 0 Å². The molecule has 3 aromatic rings. The molecule has 1 aromatic heterocycles. The zero-order chi connectivity index (χ0) is 18.8. The van der Waals surface area contributed by atoms with E-state index in [1.807, 2.05) is 44.2 Å². The molecule has 1 aliphatic heterocycles. The van der Waals surface area contributed by atoms with Gasteiger partial charge in [-0.25, -0.2) is 0 Å². The zero-order valence-electron chi connectivity index (χ0n) is 15.6. The molecule has 1 N–H and O–H groups in total. The normalized spacial score (nSPS) is 14.5. The molecule has 4 rings (SSSR count). The second kappa shape index (κ2) is 7.40. The molecule has 2 aromatic carbocycles. The van der Waals surface area contributed by atoms with Crippen molar-refractivity contribution in [3.8, 4) is 0 Å². The molecule has 1 saturated heterocycles. The van der Waals surface area contributed by atoms with Crippen molar-refractivity contribution in [2.75, 3.05) is 36.5 Å². The predicted molar refractivity (Wildman–Crippen MR) is 105 cm³/mol. The molecule has 0 spiro atoms. The molecule has 0 saturated carbocycles. The first-order chi connectivity index (χ1) is 13.1. The zero-order valence-corrected chi connectivity index (χ0v) is 15.6. The molecule has 0 radical (unpaired) electrons. The summed E-state index contributed by atoms with van der Waals surface area (Å²) in [5.74, 6) is -0.107. The van der Waals surface area contributed by atoms with E-state index in [9.17, 15) is 4.79 Å². The fourth-order valence-electron chi connectivity index (χ4n) is 3.58. The van der Waals surface area contributed by atoms with E-state index in [0.717, 1.165) is 59.8 Å². The standard InChI is InChI=1S/C21H23N3O3/c1-14-11-15(2)21-18(23-27-19(21)12-14)13-20(25)22-16-3-5-17(6-4-16)24-7-9-26-10-8-24/h3-6,11-12H,7-10,13H2,1-2H3,(H,22,25). The molecule has 1 amide bonds. The summed E-state index contributed by atoms with van der Waals surface area (Å²) in [6.45, 7) is 7.32. The number of hydrogen-bond donors (Lipinski definition) is 1. The highest BCUT2D eigenvalue weighted by Gasteiger charge is 2.15. The molecule has 27 heavy (non-hydrogen) atoms. The van der Waals surface area contributed by atoms with Gasteiger partial charge in [0, 0.05) is 29.9 Å². The number of amides is 1. The Morgan fingerprint density at radius 2 is 1.89 bits per heavy atom. The first-order valence-corrected chi connectivity index (χ1v) is 9.18. The highest BCUT2D eigenvalue weighted by atomic mass is 16.5. The molecular formula is C21H23N3O3. The van der Waals surface area contributed by atoms with Gasteiger partial charge in [0.2, 0.25) is 5.91 Å². The molecule has 1 fully saturated rings. The monoisotopic (exact) mass is 365 g/mol. The predicted octanol–water partition coefficient (Wildman–Crippen LogP) is 3.46. The second-order valence-corrected chi connectivity index (χ2v) is 6.96. The Morgan fingerprint density at radius 3 is 2.63 bits per heavy atom.